The minimum absolute atomic E-state index is 0.278. The lowest BCUT2D eigenvalue weighted by atomic mass is 10.2. The fraction of sp³-hybridized carbons (Fsp3) is 0.357. The molecule has 0 amide bonds. The third-order valence-corrected chi connectivity index (χ3v) is 5.34. The van der Waals surface area contributed by atoms with E-state index >= 15 is 0 Å². The molecule has 2 aromatic rings. The monoisotopic (exact) mass is 292 g/mol. The molecule has 1 aromatic heterocycles. The first-order valence-electron chi connectivity index (χ1n) is 6.53. The lowest BCUT2D eigenvalue weighted by molar-refractivity contribution is 0.0730. The molecular formula is C14H16N2O3S. The molecule has 20 heavy (non-hydrogen) atoms. The Labute approximate surface area is 118 Å². The van der Waals surface area contributed by atoms with E-state index in [1.165, 1.54) is 4.31 Å². The maximum absolute atomic E-state index is 12.7. The van der Waals surface area contributed by atoms with Crippen molar-refractivity contribution in [2.75, 3.05) is 26.3 Å². The van der Waals surface area contributed by atoms with Crippen LogP contribution in [0.25, 0.3) is 10.9 Å². The SMILES string of the molecule is Cc1ccc2cccc(S(=O)(=O)N3CCOCC3)c2n1. The van der Waals surface area contributed by atoms with Crippen LogP contribution >= 0.6 is 0 Å². The van der Waals surface area contributed by atoms with E-state index in [0.717, 1.165) is 11.1 Å². The number of hydrogen-bond donors (Lipinski definition) is 0. The number of nitrogens with zero attached hydrogens (tertiary/aromatic N) is 2. The first-order chi connectivity index (χ1) is 9.59. The zero-order chi connectivity index (χ0) is 14.2. The second-order valence-electron chi connectivity index (χ2n) is 4.80. The molecule has 0 unspecified atom stereocenters. The van der Waals surface area contributed by atoms with Crippen molar-refractivity contribution < 1.29 is 13.2 Å². The Bertz CT molecular complexity index is 737. The second-order valence-corrected chi connectivity index (χ2v) is 6.70. The molecule has 6 heteroatoms. The van der Waals surface area contributed by atoms with Gasteiger partial charge in [0.05, 0.1) is 18.7 Å². The van der Waals surface area contributed by atoms with Gasteiger partial charge in [-0.05, 0) is 19.1 Å². The number of ether oxygens (including phenoxy) is 1. The topological polar surface area (TPSA) is 59.5 Å². The normalized spacial score (nSPS) is 17.4. The summed E-state index contributed by atoms with van der Waals surface area (Å²) in [5.74, 6) is 0. The van der Waals surface area contributed by atoms with Gasteiger partial charge in [0.25, 0.3) is 0 Å². The lowest BCUT2D eigenvalue weighted by Crippen LogP contribution is -2.40. The van der Waals surface area contributed by atoms with Crippen molar-refractivity contribution in [1.29, 1.82) is 0 Å². The molecule has 1 aliphatic rings. The van der Waals surface area contributed by atoms with E-state index < -0.39 is 10.0 Å². The molecule has 0 saturated carbocycles. The Balaban J connectivity index is 2.15. The van der Waals surface area contributed by atoms with Crippen molar-refractivity contribution in [2.24, 2.45) is 0 Å². The quantitative estimate of drug-likeness (QED) is 0.843. The van der Waals surface area contributed by atoms with E-state index in [9.17, 15) is 8.42 Å². The van der Waals surface area contributed by atoms with Gasteiger partial charge in [-0.25, -0.2) is 8.42 Å². The fourth-order valence-corrected chi connectivity index (χ4v) is 3.92. The van der Waals surface area contributed by atoms with Crippen LogP contribution in [0, 0.1) is 6.92 Å². The van der Waals surface area contributed by atoms with E-state index in [4.69, 9.17) is 4.74 Å². The Morgan fingerprint density at radius 2 is 1.90 bits per heavy atom. The van der Waals surface area contributed by atoms with Gasteiger partial charge in [-0.2, -0.15) is 4.31 Å². The average Bonchev–Trinajstić information content (AvgIpc) is 2.47. The molecule has 1 saturated heterocycles. The summed E-state index contributed by atoms with van der Waals surface area (Å²) in [5.41, 5.74) is 1.35. The molecule has 1 aliphatic heterocycles. The van der Waals surface area contributed by atoms with Crippen molar-refractivity contribution in [3.05, 3.63) is 36.0 Å². The van der Waals surface area contributed by atoms with E-state index in [-0.39, 0.29) is 4.90 Å². The number of fused-ring (bicyclic) bond motifs is 1. The highest BCUT2D eigenvalue weighted by molar-refractivity contribution is 7.89. The van der Waals surface area contributed by atoms with Gasteiger partial charge in [0, 0.05) is 24.2 Å². The highest BCUT2D eigenvalue weighted by atomic mass is 32.2. The third-order valence-electron chi connectivity index (χ3n) is 3.41. The van der Waals surface area contributed by atoms with Crippen molar-refractivity contribution in [3.63, 3.8) is 0 Å². The summed E-state index contributed by atoms with van der Waals surface area (Å²) < 4.78 is 32.2. The Morgan fingerprint density at radius 1 is 1.15 bits per heavy atom. The number of rotatable bonds is 2. The number of morpholine rings is 1. The van der Waals surface area contributed by atoms with Gasteiger partial charge in [-0.15, -0.1) is 0 Å². The molecule has 2 heterocycles. The molecule has 0 N–H and O–H groups in total. The Morgan fingerprint density at radius 3 is 2.65 bits per heavy atom. The van der Waals surface area contributed by atoms with Crippen LogP contribution in [0.15, 0.2) is 35.2 Å². The largest absolute Gasteiger partial charge is 0.379 e. The molecule has 0 aliphatic carbocycles. The highest BCUT2D eigenvalue weighted by Gasteiger charge is 2.28. The van der Waals surface area contributed by atoms with Crippen LogP contribution in [-0.2, 0) is 14.8 Å². The molecular weight excluding hydrogens is 276 g/mol. The number of benzene rings is 1. The van der Waals surface area contributed by atoms with Gasteiger partial charge < -0.3 is 4.74 Å². The second kappa shape index (κ2) is 5.12. The molecule has 0 atom stereocenters. The number of hydrogen-bond acceptors (Lipinski definition) is 4. The van der Waals surface area contributed by atoms with Crippen molar-refractivity contribution in [3.8, 4) is 0 Å². The van der Waals surface area contributed by atoms with E-state index in [1.807, 2.05) is 25.1 Å². The van der Waals surface area contributed by atoms with Gasteiger partial charge >= 0.3 is 0 Å². The molecule has 3 rings (SSSR count). The number of para-hydroxylation sites is 1. The van der Waals surface area contributed by atoms with Crippen LogP contribution in [0.5, 0.6) is 0 Å². The predicted octanol–water partition coefficient (Wildman–Crippen LogP) is 1.56. The molecule has 0 bridgehead atoms. The van der Waals surface area contributed by atoms with E-state index in [1.54, 1.807) is 12.1 Å². The summed E-state index contributed by atoms with van der Waals surface area (Å²) in [4.78, 5) is 4.68. The molecule has 1 aromatic carbocycles. The van der Waals surface area contributed by atoms with Crippen molar-refractivity contribution in [2.45, 2.75) is 11.8 Å². The van der Waals surface area contributed by atoms with Crippen LogP contribution < -0.4 is 0 Å². The Kier molecular flexibility index (Phi) is 3.45. The number of aromatic nitrogens is 1. The molecule has 5 nitrogen and oxygen atoms in total. The van der Waals surface area contributed by atoms with Gasteiger partial charge in [-0.3, -0.25) is 4.98 Å². The first-order valence-corrected chi connectivity index (χ1v) is 7.97. The van der Waals surface area contributed by atoms with Gasteiger partial charge in [0.2, 0.25) is 10.0 Å². The van der Waals surface area contributed by atoms with Crippen LogP contribution in [0.1, 0.15) is 5.69 Å². The van der Waals surface area contributed by atoms with Crippen molar-refractivity contribution in [1.82, 2.24) is 9.29 Å². The summed E-state index contributed by atoms with van der Waals surface area (Å²) in [5, 5.41) is 0.838. The highest BCUT2D eigenvalue weighted by Crippen LogP contribution is 2.25. The zero-order valence-electron chi connectivity index (χ0n) is 11.2. The van der Waals surface area contributed by atoms with E-state index in [2.05, 4.69) is 4.98 Å². The zero-order valence-corrected chi connectivity index (χ0v) is 12.1. The lowest BCUT2D eigenvalue weighted by Gasteiger charge is -2.26. The smallest absolute Gasteiger partial charge is 0.245 e. The maximum Gasteiger partial charge on any atom is 0.245 e. The fourth-order valence-electron chi connectivity index (χ4n) is 2.35. The standard InChI is InChI=1S/C14H16N2O3S/c1-11-5-6-12-3-2-4-13(14(12)15-11)20(17,18)16-7-9-19-10-8-16/h2-6H,7-10H2,1H3. The number of sulfonamides is 1. The minimum atomic E-state index is -3.51. The molecule has 106 valence electrons. The summed E-state index contributed by atoms with van der Waals surface area (Å²) in [6.07, 6.45) is 0. The maximum atomic E-state index is 12.7. The average molecular weight is 292 g/mol. The third kappa shape index (κ3) is 2.30. The minimum Gasteiger partial charge on any atom is -0.379 e. The molecule has 0 radical (unpaired) electrons. The summed E-state index contributed by atoms with van der Waals surface area (Å²) in [6.45, 7) is 3.53. The first kappa shape index (κ1) is 13.5. The van der Waals surface area contributed by atoms with Crippen molar-refractivity contribution >= 4 is 20.9 Å². The van der Waals surface area contributed by atoms with Crippen LogP contribution in [0.2, 0.25) is 0 Å². The summed E-state index contributed by atoms with van der Waals surface area (Å²) in [6, 6.07) is 9.04. The summed E-state index contributed by atoms with van der Waals surface area (Å²) in [7, 11) is -3.51. The number of aryl methyl sites for hydroxylation is 1. The Hall–Kier alpha value is -1.50. The van der Waals surface area contributed by atoms with Crippen LogP contribution in [0.4, 0.5) is 0 Å². The van der Waals surface area contributed by atoms with Gasteiger partial charge in [-0.1, -0.05) is 18.2 Å². The number of pyridine rings is 1. The summed E-state index contributed by atoms with van der Waals surface area (Å²) >= 11 is 0. The van der Waals surface area contributed by atoms with E-state index in [0.29, 0.717) is 31.8 Å². The predicted molar refractivity (Wildman–Crippen MR) is 76.1 cm³/mol. The molecule has 0 spiro atoms. The van der Waals surface area contributed by atoms with Gasteiger partial charge in [0.15, 0.2) is 0 Å². The van der Waals surface area contributed by atoms with Crippen LogP contribution in [-0.4, -0.2) is 44.0 Å². The molecule has 1 fully saturated rings. The van der Waals surface area contributed by atoms with Gasteiger partial charge in [0.1, 0.15) is 4.90 Å². The van der Waals surface area contributed by atoms with Crippen LogP contribution in [0.3, 0.4) is 0 Å².